The molecule has 21 heavy (non-hydrogen) atoms. The molecule has 2 rings (SSSR count). The largest absolute Gasteiger partial charge is 0.397 e. The SMILES string of the molecule is CCN(c1cccc(C)c1)S(=O)(=O)c1ccc(Cl)c(N)c1. The van der Waals surface area contributed by atoms with Crippen LogP contribution in [-0.4, -0.2) is 15.0 Å². The first-order chi connectivity index (χ1) is 9.86. The quantitative estimate of drug-likeness (QED) is 0.876. The number of halogens is 1. The summed E-state index contributed by atoms with van der Waals surface area (Å²) in [5.41, 5.74) is 7.58. The zero-order valence-corrected chi connectivity index (χ0v) is 13.4. The minimum absolute atomic E-state index is 0.132. The number of nitrogens with zero attached hydrogens (tertiary/aromatic N) is 1. The Morgan fingerprint density at radius 3 is 2.48 bits per heavy atom. The molecule has 4 nitrogen and oxygen atoms in total. The van der Waals surface area contributed by atoms with Crippen LogP contribution in [0, 0.1) is 6.92 Å². The monoisotopic (exact) mass is 324 g/mol. The van der Waals surface area contributed by atoms with Crippen LogP contribution in [0.25, 0.3) is 0 Å². The number of hydrogen-bond donors (Lipinski definition) is 1. The van der Waals surface area contributed by atoms with E-state index in [1.807, 2.05) is 25.1 Å². The molecule has 0 amide bonds. The number of aryl methyl sites for hydroxylation is 1. The maximum absolute atomic E-state index is 12.8. The number of hydrogen-bond acceptors (Lipinski definition) is 3. The molecule has 2 aromatic carbocycles. The second-order valence-electron chi connectivity index (χ2n) is 4.69. The summed E-state index contributed by atoms with van der Waals surface area (Å²) in [5.74, 6) is 0. The summed E-state index contributed by atoms with van der Waals surface area (Å²) in [6, 6.07) is 11.7. The van der Waals surface area contributed by atoms with Crippen LogP contribution < -0.4 is 10.0 Å². The number of sulfonamides is 1. The second kappa shape index (κ2) is 5.95. The van der Waals surface area contributed by atoms with Gasteiger partial charge in [-0.05, 0) is 49.7 Å². The molecule has 6 heteroatoms. The van der Waals surface area contributed by atoms with Gasteiger partial charge in [-0.1, -0.05) is 23.7 Å². The molecular weight excluding hydrogens is 308 g/mol. The van der Waals surface area contributed by atoms with Crippen LogP contribution in [0.4, 0.5) is 11.4 Å². The lowest BCUT2D eigenvalue weighted by atomic mass is 10.2. The molecule has 0 spiro atoms. The van der Waals surface area contributed by atoms with Crippen LogP contribution in [0.1, 0.15) is 12.5 Å². The summed E-state index contributed by atoms with van der Waals surface area (Å²) < 4.78 is 26.9. The van der Waals surface area contributed by atoms with Crippen molar-refractivity contribution >= 4 is 33.0 Å². The highest BCUT2D eigenvalue weighted by atomic mass is 35.5. The predicted octanol–water partition coefficient (Wildman–Crippen LogP) is 3.45. The van der Waals surface area contributed by atoms with Gasteiger partial charge in [-0.2, -0.15) is 0 Å². The molecule has 0 radical (unpaired) electrons. The highest BCUT2D eigenvalue weighted by Crippen LogP contribution is 2.27. The van der Waals surface area contributed by atoms with Gasteiger partial charge in [0.15, 0.2) is 0 Å². The minimum Gasteiger partial charge on any atom is -0.397 e. The van der Waals surface area contributed by atoms with Gasteiger partial charge >= 0.3 is 0 Å². The highest BCUT2D eigenvalue weighted by Gasteiger charge is 2.24. The van der Waals surface area contributed by atoms with Crippen molar-refractivity contribution < 1.29 is 8.42 Å². The van der Waals surface area contributed by atoms with Gasteiger partial charge in [0.05, 0.1) is 21.3 Å². The molecule has 0 aliphatic rings. The van der Waals surface area contributed by atoms with Crippen LogP contribution in [0.5, 0.6) is 0 Å². The van der Waals surface area contributed by atoms with E-state index < -0.39 is 10.0 Å². The minimum atomic E-state index is -3.67. The van der Waals surface area contributed by atoms with Gasteiger partial charge in [0.25, 0.3) is 10.0 Å². The van der Waals surface area contributed by atoms with E-state index in [-0.39, 0.29) is 10.6 Å². The molecule has 2 N–H and O–H groups in total. The third kappa shape index (κ3) is 3.14. The fourth-order valence-electron chi connectivity index (χ4n) is 2.08. The molecule has 0 bridgehead atoms. The number of nitrogens with two attached hydrogens (primary N) is 1. The average molecular weight is 325 g/mol. The summed E-state index contributed by atoms with van der Waals surface area (Å²) in [7, 11) is -3.67. The van der Waals surface area contributed by atoms with Crippen LogP contribution in [0.3, 0.4) is 0 Å². The van der Waals surface area contributed by atoms with E-state index in [9.17, 15) is 8.42 Å². The van der Waals surface area contributed by atoms with Crippen molar-refractivity contribution in [1.82, 2.24) is 0 Å². The molecule has 0 saturated heterocycles. The number of benzene rings is 2. The smallest absolute Gasteiger partial charge is 0.264 e. The van der Waals surface area contributed by atoms with Crippen molar-refractivity contribution in [1.29, 1.82) is 0 Å². The van der Waals surface area contributed by atoms with Gasteiger partial charge in [0.1, 0.15) is 0 Å². The second-order valence-corrected chi connectivity index (χ2v) is 6.96. The fourth-order valence-corrected chi connectivity index (χ4v) is 3.70. The molecule has 0 saturated carbocycles. The summed E-state index contributed by atoms with van der Waals surface area (Å²) in [4.78, 5) is 0.132. The van der Waals surface area contributed by atoms with E-state index in [4.69, 9.17) is 17.3 Å². The third-order valence-corrected chi connectivity index (χ3v) is 5.38. The van der Waals surface area contributed by atoms with Crippen molar-refractivity contribution in [3.8, 4) is 0 Å². The molecule has 2 aromatic rings. The van der Waals surface area contributed by atoms with Crippen molar-refractivity contribution in [2.75, 3.05) is 16.6 Å². The number of rotatable bonds is 4. The Bertz CT molecular complexity index is 760. The van der Waals surface area contributed by atoms with Crippen molar-refractivity contribution in [3.63, 3.8) is 0 Å². The van der Waals surface area contributed by atoms with Crippen LogP contribution >= 0.6 is 11.6 Å². The summed E-state index contributed by atoms with van der Waals surface area (Å²) >= 11 is 5.85. The van der Waals surface area contributed by atoms with E-state index in [1.165, 1.54) is 22.5 Å². The van der Waals surface area contributed by atoms with Crippen molar-refractivity contribution in [2.45, 2.75) is 18.7 Å². The molecule has 0 aliphatic heterocycles. The summed E-state index contributed by atoms with van der Waals surface area (Å²) in [6.45, 7) is 4.04. The Balaban J connectivity index is 2.51. The standard InChI is InChI=1S/C15H17ClN2O2S/c1-3-18(12-6-4-5-11(2)9-12)21(19,20)13-7-8-14(16)15(17)10-13/h4-10H,3,17H2,1-2H3. The maximum atomic E-state index is 12.8. The predicted molar refractivity (Wildman–Crippen MR) is 87.2 cm³/mol. The Morgan fingerprint density at radius 2 is 1.90 bits per heavy atom. The maximum Gasteiger partial charge on any atom is 0.264 e. The molecule has 0 fully saturated rings. The van der Waals surface area contributed by atoms with Crippen LogP contribution in [-0.2, 0) is 10.0 Å². The first kappa shape index (κ1) is 15.7. The van der Waals surface area contributed by atoms with Crippen LogP contribution in [0.2, 0.25) is 5.02 Å². The number of nitrogen functional groups attached to an aromatic ring is 1. The molecule has 0 aliphatic carbocycles. The third-order valence-electron chi connectivity index (χ3n) is 3.13. The van der Waals surface area contributed by atoms with Crippen molar-refractivity contribution in [2.24, 2.45) is 0 Å². The molecule has 0 unspecified atom stereocenters. The number of anilines is 2. The van der Waals surface area contributed by atoms with E-state index in [2.05, 4.69) is 0 Å². The topological polar surface area (TPSA) is 63.4 Å². The Kier molecular flexibility index (Phi) is 4.44. The first-order valence-corrected chi connectivity index (χ1v) is 8.32. The Morgan fingerprint density at radius 1 is 1.19 bits per heavy atom. The lowest BCUT2D eigenvalue weighted by Gasteiger charge is -2.23. The fraction of sp³-hybridized carbons (Fsp3) is 0.200. The van der Waals surface area contributed by atoms with Crippen molar-refractivity contribution in [3.05, 3.63) is 53.1 Å². The zero-order valence-electron chi connectivity index (χ0n) is 11.9. The van der Waals surface area contributed by atoms with Gasteiger partial charge in [-0.3, -0.25) is 4.31 Å². The van der Waals surface area contributed by atoms with E-state index in [1.54, 1.807) is 13.0 Å². The Labute approximate surface area is 130 Å². The average Bonchev–Trinajstić information content (AvgIpc) is 2.42. The first-order valence-electron chi connectivity index (χ1n) is 6.50. The van der Waals surface area contributed by atoms with Gasteiger partial charge in [-0.15, -0.1) is 0 Å². The lowest BCUT2D eigenvalue weighted by Crippen LogP contribution is -2.30. The zero-order chi connectivity index (χ0) is 15.6. The van der Waals surface area contributed by atoms with E-state index in [0.717, 1.165) is 5.56 Å². The lowest BCUT2D eigenvalue weighted by molar-refractivity contribution is 0.592. The molecule has 112 valence electrons. The Hall–Kier alpha value is -1.72. The van der Waals surface area contributed by atoms with Gasteiger partial charge in [0.2, 0.25) is 0 Å². The summed E-state index contributed by atoms with van der Waals surface area (Å²) in [6.07, 6.45) is 0. The van der Waals surface area contributed by atoms with Crippen LogP contribution in [0.15, 0.2) is 47.4 Å². The molecule has 0 atom stereocenters. The van der Waals surface area contributed by atoms with Gasteiger partial charge < -0.3 is 5.73 Å². The normalized spacial score (nSPS) is 11.4. The highest BCUT2D eigenvalue weighted by molar-refractivity contribution is 7.92. The van der Waals surface area contributed by atoms with Gasteiger partial charge in [0, 0.05) is 6.54 Å². The molecule has 0 aromatic heterocycles. The molecule has 0 heterocycles. The van der Waals surface area contributed by atoms with Gasteiger partial charge in [-0.25, -0.2) is 8.42 Å². The molecular formula is C15H17ClN2O2S. The van der Waals surface area contributed by atoms with E-state index in [0.29, 0.717) is 17.3 Å². The summed E-state index contributed by atoms with van der Waals surface area (Å²) in [5, 5.41) is 0.340. The van der Waals surface area contributed by atoms with E-state index >= 15 is 0 Å².